The Kier molecular flexibility index (Phi) is 6.51. The standard InChI is InChI=1S/C9H20N2O3S/c1-2-3-4-6-15(11,14)7-5-8(10)9(12)13/h8,11H,2-7,10H2,1H3,(H,12,13). The van der Waals surface area contributed by atoms with E-state index in [2.05, 4.69) is 0 Å². The van der Waals surface area contributed by atoms with Crippen LogP contribution < -0.4 is 5.73 Å². The van der Waals surface area contributed by atoms with Gasteiger partial charge in [0.05, 0.1) is 0 Å². The number of aliphatic carboxylic acids is 1. The molecule has 0 rings (SSSR count). The molecule has 0 aliphatic heterocycles. The van der Waals surface area contributed by atoms with E-state index >= 15 is 0 Å². The van der Waals surface area contributed by atoms with Crippen LogP contribution in [0, 0.1) is 4.78 Å². The fourth-order valence-electron chi connectivity index (χ4n) is 1.13. The maximum absolute atomic E-state index is 11.6. The molecular formula is C9H20N2O3S. The van der Waals surface area contributed by atoms with Gasteiger partial charge in [0.15, 0.2) is 0 Å². The summed E-state index contributed by atoms with van der Waals surface area (Å²) in [6, 6.07) is -0.998. The smallest absolute Gasteiger partial charge is 0.320 e. The van der Waals surface area contributed by atoms with Gasteiger partial charge in [-0.1, -0.05) is 19.8 Å². The largest absolute Gasteiger partial charge is 0.480 e. The zero-order valence-corrected chi connectivity index (χ0v) is 9.89. The molecule has 15 heavy (non-hydrogen) atoms. The van der Waals surface area contributed by atoms with Gasteiger partial charge in [-0.05, 0) is 12.8 Å². The molecule has 0 aliphatic carbocycles. The van der Waals surface area contributed by atoms with Crippen molar-refractivity contribution < 1.29 is 14.1 Å². The predicted molar refractivity (Wildman–Crippen MR) is 60.3 cm³/mol. The van der Waals surface area contributed by atoms with Gasteiger partial charge in [-0.3, -0.25) is 9.57 Å². The highest BCUT2D eigenvalue weighted by molar-refractivity contribution is 7.92. The van der Waals surface area contributed by atoms with Crippen LogP contribution in [0.25, 0.3) is 0 Å². The molecule has 6 heteroatoms. The normalized spacial score (nSPS) is 16.9. The first-order valence-electron chi connectivity index (χ1n) is 5.11. The molecule has 0 radical (unpaired) electrons. The summed E-state index contributed by atoms with van der Waals surface area (Å²) < 4.78 is 19.1. The number of hydrogen-bond acceptors (Lipinski definition) is 4. The Morgan fingerprint density at radius 1 is 1.47 bits per heavy atom. The lowest BCUT2D eigenvalue weighted by Crippen LogP contribution is -2.32. The Bertz CT molecular complexity index is 288. The molecule has 0 aliphatic rings. The SMILES string of the molecule is CCCCCS(=N)(=O)CCC(N)C(=O)O. The van der Waals surface area contributed by atoms with Crippen molar-refractivity contribution >= 4 is 15.7 Å². The Morgan fingerprint density at radius 2 is 2.07 bits per heavy atom. The second kappa shape index (κ2) is 6.79. The van der Waals surface area contributed by atoms with Gasteiger partial charge >= 0.3 is 5.97 Å². The fraction of sp³-hybridized carbons (Fsp3) is 0.889. The van der Waals surface area contributed by atoms with E-state index in [1.165, 1.54) is 0 Å². The van der Waals surface area contributed by atoms with E-state index in [9.17, 15) is 9.00 Å². The van der Waals surface area contributed by atoms with Gasteiger partial charge in [-0.2, -0.15) is 0 Å². The summed E-state index contributed by atoms with van der Waals surface area (Å²) in [6.07, 6.45) is 2.86. The summed E-state index contributed by atoms with van der Waals surface area (Å²) in [4.78, 5) is 10.4. The quantitative estimate of drug-likeness (QED) is 0.547. The van der Waals surface area contributed by atoms with Gasteiger partial charge in [0.25, 0.3) is 0 Å². The number of carboxylic acids is 1. The highest BCUT2D eigenvalue weighted by Crippen LogP contribution is 2.04. The topological polar surface area (TPSA) is 104 Å². The zero-order chi connectivity index (χ0) is 11.9. The van der Waals surface area contributed by atoms with Gasteiger partial charge < -0.3 is 10.8 Å². The third-order valence-electron chi connectivity index (χ3n) is 2.15. The first-order valence-corrected chi connectivity index (χ1v) is 7.01. The average molecular weight is 236 g/mol. The van der Waals surface area contributed by atoms with E-state index in [0.29, 0.717) is 5.75 Å². The molecule has 90 valence electrons. The Labute approximate surface area is 91.0 Å². The minimum absolute atomic E-state index is 0.0875. The summed E-state index contributed by atoms with van der Waals surface area (Å²) in [5, 5.41) is 8.51. The van der Waals surface area contributed by atoms with Crippen LogP contribution in [0.1, 0.15) is 32.6 Å². The maximum Gasteiger partial charge on any atom is 0.320 e. The average Bonchev–Trinajstić information content (AvgIpc) is 2.14. The molecule has 5 nitrogen and oxygen atoms in total. The molecule has 0 saturated heterocycles. The zero-order valence-electron chi connectivity index (χ0n) is 9.07. The predicted octanol–water partition coefficient (Wildman–Crippen LogP) is 1.03. The highest BCUT2D eigenvalue weighted by Gasteiger charge is 2.14. The summed E-state index contributed by atoms with van der Waals surface area (Å²) in [5.41, 5.74) is 5.27. The van der Waals surface area contributed by atoms with E-state index in [1.54, 1.807) is 0 Å². The number of carboxylic acid groups (broad SMARTS) is 1. The molecule has 0 saturated carbocycles. The molecule has 0 amide bonds. The van der Waals surface area contributed by atoms with Crippen LogP contribution >= 0.6 is 0 Å². The number of rotatable bonds is 8. The third-order valence-corrected chi connectivity index (χ3v) is 4.00. The summed E-state index contributed by atoms with van der Waals surface area (Å²) in [6.45, 7) is 2.03. The van der Waals surface area contributed by atoms with Crippen molar-refractivity contribution in [3.05, 3.63) is 0 Å². The first-order chi connectivity index (χ1) is 6.89. The van der Waals surface area contributed by atoms with E-state index in [-0.39, 0.29) is 12.2 Å². The molecule has 0 heterocycles. The number of carbonyl (C=O) groups is 1. The van der Waals surface area contributed by atoms with Crippen molar-refractivity contribution in [1.82, 2.24) is 0 Å². The summed E-state index contributed by atoms with van der Waals surface area (Å²) in [7, 11) is -2.63. The molecule has 0 aromatic rings. The van der Waals surface area contributed by atoms with Gasteiger partial charge in [-0.25, -0.2) is 4.21 Å². The van der Waals surface area contributed by atoms with Gasteiger partial charge in [0, 0.05) is 21.2 Å². The molecule has 0 bridgehead atoms. The Morgan fingerprint density at radius 3 is 2.53 bits per heavy atom. The monoisotopic (exact) mass is 236 g/mol. The first kappa shape index (κ1) is 14.4. The molecule has 2 unspecified atom stereocenters. The van der Waals surface area contributed by atoms with E-state index in [1.807, 2.05) is 6.92 Å². The highest BCUT2D eigenvalue weighted by atomic mass is 32.2. The molecular weight excluding hydrogens is 216 g/mol. The van der Waals surface area contributed by atoms with E-state index in [0.717, 1.165) is 19.3 Å². The van der Waals surface area contributed by atoms with Crippen molar-refractivity contribution in [1.29, 1.82) is 4.78 Å². The Hall–Kier alpha value is -0.620. The van der Waals surface area contributed by atoms with Crippen molar-refractivity contribution in [3.63, 3.8) is 0 Å². The molecule has 0 aromatic carbocycles. The van der Waals surface area contributed by atoms with Crippen LogP contribution in [-0.4, -0.2) is 32.8 Å². The lowest BCUT2D eigenvalue weighted by molar-refractivity contribution is -0.138. The van der Waals surface area contributed by atoms with Crippen LogP contribution in [0.2, 0.25) is 0 Å². The van der Waals surface area contributed by atoms with Crippen molar-refractivity contribution in [3.8, 4) is 0 Å². The number of hydrogen-bond donors (Lipinski definition) is 3. The lowest BCUT2D eigenvalue weighted by Gasteiger charge is -2.09. The minimum Gasteiger partial charge on any atom is -0.480 e. The molecule has 4 N–H and O–H groups in total. The van der Waals surface area contributed by atoms with Gasteiger partial charge in [0.2, 0.25) is 0 Å². The molecule has 2 atom stereocenters. The molecule has 0 fully saturated rings. The lowest BCUT2D eigenvalue weighted by atomic mass is 10.2. The Balaban J connectivity index is 3.89. The van der Waals surface area contributed by atoms with Crippen LogP contribution in [-0.2, 0) is 14.5 Å². The second-order valence-electron chi connectivity index (χ2n) is 3.66. The maximum atomic E-state index is 11.6. The third kappa shape index (κ3) is 7.33. The number of nitrogens with one attached hydrogen (secondary N) is 1. The van der Waals surface area contributed by atoms with Gasteiger partial charge in [0.1, 0.15) is 6.04 Å². The minimum atomic E-state index is -2.63. The van der Waals surface area contributed by atoms with E-state index < -0.39 is 21.7 Å². The number of unbranched alkanes of at least 4 members (excludes halogenated alkanes) is 2. The van der Waals surface area contributed by atoms with E-state index in [4.69, 9.17) is 15.6 Å². The van der Waals surface area contributed by atoms with Crippen molar-refractivity contribution in [2.75, 3.05) is 11.5 Å². The van der Waals surface area contributed by atoms with Crippen LogP contribution in [0.3, 0.4) is 0 Å². The fourth-order valence-corrected chi connectivity index (χ4v) is 2.64. The molecule has 0 spiro atoms. The van der Waals surface area contributed by atoms with Crippen molar-refractivity contribution in [2.24, 2.45) is 5.73 Å². The van der Waals surface area contributed by atoms with Crippen LogP contribution in [0.4, 0.5) is 0 Å². The summed E-state index contributed by atoms with van der Waals surface area (Å²) in [5.74, 6) is -0.657. The second-order valence-corrected chi connectivity index (χ2v) is 6.10. The van der Waals surface area contributed by atoms with Gasteiger partial charge in [-0.15, -0.1) is 0 Å². The van der Waals surface area contributed by atoms with Crippen molar-refractivity contribution in [2.45, 2.75) is 38.6 Å². The van der Waals surface area contributed by atoms with Crippen LogP contribution in [0.15, 0.2) is 0 Å². The van der Waals surface area contributed by atoms with Crippen LogP contribution in [0.5, 0.6) is 0 Å². The number of nitrogens with two attached hydrogens (primary N) is 1. The molecule has 0 aromatic heterocycles. The summed E-state index contributed by atoms with van der Waals surface area (Å²) >= 11 is 0.